The van der Waals surface area contributed by atoms with Crippen LogP contribution in [0.4, 0.5) is 0 Å². The molecule has 0 radical (unpaired) electrons. The fraction of sp³-hybridized carbons (Fsp3) is 0.231. The van der Waals surface area contributed by atoms with E-state index in [1.807, 2.05) is 18.2 Å². The summed E-state index contributed by atoms with van der Waals surface area (Å²) in [4.78, 5) is 8.37. The van der Waals surface area contributed by atoms with Gasteiger partial charge in [0.2, 0.25) is 0 Å². The number of aliphatic hydroxyl groups is 1. The second-order valence-corrected chi connectivity index (χ2v) is 3.45. The van der Waals surface area contributed by atoms with Crippen LogP contribution in [0.15, 0.2) is 30.6 Å². The van der Waals surface area contributed by atoms with Gasteiger partial charge in [0.05, 0.1) is 17.1 Å². The zero-order valence-electron chi connectivity index (χ0n) is 9.01. The summed E-state index contributed by atoms with van der Waals surface area (Å²) in [5.74, 6) is 5.63. The van der Waals surface area contributed by atoms with Gasteiger partial charge in [-0.3, -0.25) is 9.97 Å². The average molecular weight is 212 g/mol. The normalized spacial score (nSPS) is 11.9. The number of rotatable bonds is 2. The molecule has 0 aliphatic heterocycles. The van der Waals surface area contributed by atoms with Crippen molar-refractivity contribution in [2.75, 3.05) is 0 Å². The highest BCUT2D eigenvalue weighted by molar-refractivity contribution is 5.74. The number of nitrogens with zero attached hydrogens (tertiary/aromatic N) is 2. The van der Waals surface area contributed by atoms with Gasteiger partial charge in [0, 0.05) is 18.8 Å². The second kappa shape index (κ2) is 4.73. The second-order valence-electron chi connectivity index (χ2n) is 3.45. The Morgan fingerprint density at radius 1 is 1.25 bits per heavy atom. The van der Waals surface area contributed by atoms with Crippen molar-refractivity contribution in [1.82, 2.24) is 9.97 Å². The predicted molar refractivity (Wildman–Crippen MR) is 62.6 cm³/mol. The van der Waals surface area contributed by atoms with E-state index in [-0.39, 0.29) is 0 Å². The molecule has 16 heavy (non-hydrogen) atoms. The van der Waals surface area contributed by atoms with E-state index >= 15 is 0 Å². The van der Waals surface area contributed by atoms with Gasteiger partial charge >= 0.3 is 0 Å². The van der Waals surface area contributed by atoms with Crippen molar-refractivity contribution in [3.63, 3.8) is 0 Å². The van der Waals surface area contributed by atoms with Crippen molar-refractivity contribution in [2.24, 2.45) is 0 Å². The first-order valence-electron chi connectivity index (χ1n) is 5.09. The molecular formula is C13H12N2O. The van der Waals surface area contributed by atoms with E-state index in [0.717, 1.165) is 16.6 Å². The van der Waals surface area contributed by atoms with Gasteiger partial charge in [-0.05, 0) is 24.6 Å². The lowest BCUT2D eigenvalue weighted by atomic mass is 10.1. The van der Waals surface area contributed by atoms with Gasteiger partial charge in [0.25, 0.3) is 0 Å². The zero-order chi connectivity index (χ0) is 11.4. The first kappa shape index (κ1) is 10.6. The number of aromatic nitrogens is 2. The molecule has 1 heterocycles. The molecule has 0 aliphatic rings. The quantitative estimate of drug-likeness (QED) is 0.775. The third-order valence-electron chi connectivity index (χ3n) is 2.35. The van der Waals surface area contributed by atoms with Crippen LogP contribution in [0, 0.1) is 11.8 Å². The van der Waals surface area contributed by atoms with Gasteiger partial charge in [-0.15, -0.1) is 11.8 Å². The Bertz CT molecular complexity index is 554. The summed E-state index contributed by atoms with van der Waals surface area (Å²) in [5, 5.41) is 9.86. The summed E-state index contributed by atoms with van der Waals surface area (Å²) in [6.45, 7) is 1.76. The van der Waals surface area contributed by atoms with E-state index < -0.39 is 6.10 Å². The molecule has 1 aromatic carbocycles. The Labute approximate surface area is 94.2 Å². The number of fused-ring (bicyclic) bond motifs is 1. The molecule has 3 heteroatoms. The fourth-order valence-electron chi connectivity index (χ4n) is 1.50. The van der Waals surface area contributed by atoms with Crippen LogP contribution in [0.1, 0.15) is 25.0 Å². The van der Waals surface area contributed by atoms with Gasteiger partial charge < -0.3 is 5.11 Å². The van der Waals surface area contributed by atoms with Crippen molar-refractivity contribution >= 4 is 11.0 Å². The molecule has 0 aliphatic carbocycles. The van der Waals surface area contributed by atoms with Crippen LogP contribution in [-0.4, -0.2) is 15.1 Å². The summed E-state index contributed by atoms with van der Waals surface area (Å²) >= 11 is 0. The van der Waals surface area contributed by atoms with Gasteiger partial charge in [-0.1, -0.05) is 6.07 Å². The highest BCUT2D eigenvalue weighted by atomic mass is 16.3. The lowest BCUT2D eigenvalue weighted by molar-refractivity contribution is 0.184. The number of benzene rings is 1. The first-order valence-corrected chi connectivity index (χ1v) is 5.09. The van der Waals surface area contributed by atoms with Crippen LogP contribution in [-0.2, 0) is 0 Å². The highest BCUT2D eigenvalue weighted by Crippen LogP contribution is 2.19. The van der Waals surface area contributed by atoms with Crippen LogP contribution in [0.2, 0.25) is 0 Å². The van der Waals surface area contributed by atoms with E-state index in [1.165, 1.54) is 0 Å². The van der Waals surface area contributed by atoms with Crippen LogP contribution >= 0.6 is 0 Å². The molecule has 0 saturated carbocycles. The van der Waals surface area contributed by atoms with Gasteiger partial charge in [-0.2, -0.15) is 0 Å². The van der Waals surface area contributed by atoms with Crippen LogP contribution in [0.5, 0.6) is 0 Å². The number of hydrogen-bond donors (Lipinski definition) is 1. The molecule has 1 unspecified atom stereocenters. The monoisotopic (exact) mass is 212 g/mol. The third kappa shape index (κ3) is 2.18. The van der Waals surface area contributed by atoms with Gasteiger partial charge in [0.15, 0.2) is 0 Å². The van der Waals surface area contributed by atoms with Crippen molar-refractivity contribution in [3.05, 3.63) is 36.2 Å². The van der Waals surface area contributed by atoms with E-state index in [9.17, 15) is 5.11 Å². The van der Waals surface area contributed by atoms with E-state index in [2.05, 4.69) is 21.8 Å². The molecule has 2 aromatic rings. The summed E-state index contributed by atoms with van der Waals surface area (Å²) in [6.07, 6.45) is 3.19. The van der Waals surface area contributed by atoms with Crippen molar-refractivity contribution in [2.45, 2.75) is 19.4 Å². The van der Waals surface area contributed by atoms with Crippen LogP contribution in [0.25, 0.3) is 11.0 Å². The maximum Gasteiger partial charge on any atom is 0.0899 e. The summed E-state index contributed by atoms with van der Waals surface area (Å²) in [7, 11) is 0. The molecule has 3 nitrogen and oxygen atoms in total. The van der Waals surface area contributed by atoms with E-state index in [0.29, 0.717) is 6.42 Å². The van der Waals surface area contributed by atoms with Crippen molar-refractivity contribution in [1.29, 1.82) is 0 Å². The molecule has 0 bridgehead atoms. The highest BCUT2D eigenvalue weighted by Gasteiger charge is 2.06. The maximum atomic E-state index is 9.86. The Balaban J connectivity index is 2.34. The van der Waals surface area contributed by atoms with E-state index in [1.54, 1.807) is 19.3 Å². The molecule has 0 saturated heterocycles. The molecule has 0 amide bonds. The standard InChI is InChI=1S/C13H12N2O/c1-2-3-4-13(16)10-5-6-11-12(9-10)15-8-7-14-11/h5-9,13,16H,4H2,1H3. The Kier molecular flexibility index (Phi) is 3.13. The number of hydrogen-bond acceptors (Lipinski definition) is 3. The molecule has 80 valence electrons. The Hall–Kier alpha value is -1.92. The van der Waals surface area contributed by atoms with Crippen molar-refractivity contribution < 1.29 is 5.11 Å². The minimum Gasteiger partial charge on any atom is -0.387 e. The minimum absolute atomic E-state index is 0.447. The largest absolute Gasteiger partial charge is 0.387 e. The van der Waals surface area contributed by atoms with Gasteiger partial charge in [0.1, 0.15) is 0 Å². The maximum absolute atomic E-state index is 9.86. The summed E-state index contributed by atoms with van der Waals surface area (Å²) < 4.78 is 0. The molecule has 0 spiro atoms. The lowest BCUT2D eigenvalue weighted by Gasteiger charge is -2.07. The predicted octanol–water partition coefficient (Wildman–Crippen LogP) is 2.08. The Morgan fingerprint density at radius 3 is 2.75 bits per heavy atom. The van der Waals surface area contributed by atoms with Crippen molar-refractivity contribution in [3.8, 4) is 11.8 Å². The van der Waals surface area contributed by atoms with Crippen LogP contribution < -0.4 is 0 Å². The number of aliphatic hydroxyl groups excluding tert-OH is 1. The Morgan fingerprint density at radius 2 is 2.00 bits per heavy atom. The van der Waals surface area contributed by atoms with Gasteiger partial charge in [-0.25, -0.2) is 0 Å². The summed E-state index contributed by atoms with van der Waals surface area (Å²) in [5.41, 5.74) is 2.46. The summed E-state index contributed by atoms with van der Waals surface area (Å²) in [6, 6.07) is 5.57. The molecule has 1 aromatic heterocycles. The molecule has 1 atom stereocenters. The average Bonchev–Trinajstić information content (AvgIpc) is 2.35. The van der Waals surface area contributed by atoms with E-state index in [4.69, 9.17) is 0 Å². The first-order chi connectivity index (χ1) is 7.81. The third-order valence-corrected chi connectivity index (χ3v) is 2.35. The fourth-order valence-corrected chi connectivity index (χ4v) is 1.50. The SMILES string of the molecule is CC#CCC(O)c1ccc2nccnc2c1. The molecule has 2 rings (SSSR count). The smallest absolute Gasteiger partial charge is 0.0899 e. The molecule has 1 N–H and O–H groups in total. The minimum atomic E-state index is -0.557. The lowest BCUT2D eigenvalue weighted by Crippen LogP contribution is -1.96. The molecule has 0 fully saturated rings. The van der Waals surface area contributed by atoms with Crippen LogP contribution in [0.3, 0.4) is 0 Å². The zero-order valence-corrected chi connectivity index (χ0v) is 9.01. The topological polar surface area (TPSA) is 46.0 Å². The molecular weight excluding hydrogens is 200 g/mol.